The summed E-state index contributed by atoms with van der Waals surface area (Å²) in [5, 5.41) is 13.1. The number of nitrogens with one attached hydrogen (secondary N) is 1. The molecule has 70 valence electrons. The summed E-state index contributed by atoms with van der Waals surface area (Å²) in [6, 6.07) is 5.98. The summed E-state index contributed by atoms with van der Waals surface area (Å²) in [5.41, 5.74) is 1.09. The van der Waals surface area contributed by atoms with Crippen molar-refractivity contribution in [3.63, 3.8) is 0 Å². The zero-order valence-electron chi connectivity index (χ0n) is 7.58. The molecule has 0 unspecified atom stereocenters. The summed E-state index contributed by atoms with van der Waals surface area (Å²) in [6.07, 6.45) is 1.98. The lowest BCUT2D eigenvalue weighted by atomic mass is 9.93. The van der Waals surface area contributed by atoms with Crippen molar-refractivity contribution < 1.29 is 5.11 Å². The fourth-order valence-electron chi connectivity index (χ4n) is 1.54. The van der Waals surface area contributed by atoms with Crippen LogP contribution in [0.15, 0.2) is 23.1 Å². The molecule has 0 aromatic heterocycles. The lowest BCUT2D eigenvalue weighted by Gasteiger charge is -2.28. The molecule has 0 bridgehead atoms. The van der Waals surface area contributed by atoms with Crippen LogP contribution in [0.5, 0.6) is 5.75 Å². The molecule has 2 rings (SSSR count). The zero-order chi connectivity index (χ0) is 9.26. The molecule has 1 aromatic rings. The van der Waals surface area contributed by atoms with E-state index in [0.717, 1.165) is 23.5 Å². The quantitative estimate of drug-likeness (QED) is 0.706. The van der Waals surface area contributed by atoms with E-state index >= 15 is 0 Å². The third-order valence-electron chi connectivity index (χ3n) is 2.47. The van der Waals surface area contributed by atoms with E-state index in [-0.39, 0.29) is 0 Å². The van der Waals surface area contributed by atoms with E-state index in [1.807, 2.05) is 24.5 Å². The first-order chi connectivity index (χ1) is 6.33. The third kappa shape index (κ3) is 1.54. The minimum atomic E-state index is 0.474. The van der Waals surface area contributed by atoms with E-state index in [2.05, 4.69) is 5.32 Å². The number of para-hydroxylation sites is 1. The number of hydrogen-bond donors (Lipinski definition) is 2. The predicted molar refractivity (Wildman–Crippen MR) is 55.5 cm³/mol. The molecular weight excluding hydrogens is 182 g/mol. The molecule has 1 heterocycles. The second-order valence-corrected chi connectivity index (χ2v) is 4.10. The Balaban J connectivity index is 2.33. The van der Waals surface area contributed by atoms with Gasteiger partial charge in [-0.3, -0.25) is 0 Å². The van der Waals surface area contributed by atoms with Crippen molar-refractivity contribution in [1.29, 1.82) is 0 Å². The summed E-state index contributed by atoms with van der Waals surface area (Å²) in [5.74, 6) is 0.980. The van der Waals surface area contributed by atoms with Gasteiger partial charge in [0.25, 0.3) is 0 Å². The van der Waals surface area contributed by atoms with Crippen molar-refractivity contribution in [3.8, 4) is 5.75 Å². The van der Waals surface area contributed by atoms with Gasteiger partial charge in [0.2, 0.25) is 0 Å². The van der Waals surface area contributed by atoms with E-state index in [1.54, 1.807) is 11.8 Å². The van der Waals surface area contributed by atoms with Crippen LogP contribution in [0, 0.1) is 0 Å². The monoisotopic (exact) mass is 195 g/mol. The van der Waals surface area contributed by atoms with Gasteiger partial charge in [0.1, 0.15) is 5.75 Å². The molecule has 0 amide bonds. The van der Waals surface area contributed by atoms with Gasteiger partial charge in [-0.15, -0.1) is 11.8 Å². The third-order valence-corrected chi connectivity index (χ3v) is 3.24. The fraction of sp³-hybridized carbons (Fsp3) is 0.400. The Labute approximate surface area is 82.4 Å². The Morgan fingerprint density at radius 3 is 2.77 bits per heavy atom. The molecule has 0 atom stereocenters. The van der Waals surface area contributed by atoms with Gasteiger partial charge in [-0.05, 0) is 12.3 Å². The van der Waals surface area contributed by atoms with Crippen LogP contribution in [-0.2, 0) is 0 Å². The predicted octanol–water partition coefficient (Wildman–Crippen LogP) is 1.80. The van der Waals surface area contributed by atoms with Crippen LogP contribution >= 0.6 is 11.8 Å². The molecule has 2 nitrogen and oxygen atoms in total. The van der Waals surface area contributed by atoms with Crippen molar-refractivity contribution in [3.05, 3.63) is 23.8 Å². The normalized spacial score (nSPS) is 17.0. The van der Waals surface area contributed by atoms with Crippen molar-refractivity contribution in [2.75, 3.05) is 19.3 Å². The first-order valence-electron chi connectivity index (χ1n) is 4.39. The Bertz CT molecular complexity index is 310. The summed E-state index contributed by atoms with van der Waals surface area (Å²) in [6.45, 7) is 1.98. The van der Waals surface area contributed by atoms with Gasteiger partial charge in [-0.1, -0.05) is 12.1 Å². The summed E-state index contributed by atoms with van der Waals surface area (Å²) in [7, 11) is 0. The van der Waals surface area contributed by atoms with Gasteiger partial charge in [0.05, 0.1) is 0 Å². The molecule has 13 heavy (non-hydrogen) atoms. The van der Waals surface area contributed by atoms with E-state index in [4.69, 9.17) is 0 Å². The highest BCUT2D eigenvalue weighted by molar-refractivity contribution is 7.98. The lowest BCUT2D eigenvalue weighted by molar-refractivity contribution is 0.407. The summed E-state index contributed by atoms with van der Waals surface area (Å²) >= 11 is 1.59. The van der Waals surface area contributed by atoms with Gasteiger partial charge in [-0.2, -0.15) is 0 Å². The van der Waals surface area contributed by atoms with Crippen LogP contribution in [0.25, 0.3) is 0 Å². The van der Waals surface area contributed by atoms with Crippen molar-refractivity contribution in [2.45, 2.75) is 10.8 Å². The van der Waals surface area contributed by atoms with Crippen molar-refractivity contribution >= 4 is 11.8 Å². The summed E-state index contributed by atoms with van der Waals surface area (Å²) < 4.78 is 0. The fourth-order valence-corrected chi connectivity index (χ4v) is 2.07. The van der Waals surface area contributed by atoms with Crippen LogP contribution < -0.4 is 5.32 Å². The van der Waals surface area contributed by atoms with Crippen LogP contribution in [0.1, 0.15) is 11.5 Å². The molecule has 0 spiro atoms. The lowest BCUT2D eigenvalue weighted by Crippen LogP contribution is -2.39. The number of phenols is 1. The highest BCUT2D eigenvalue weighted by atomic mass is 32.2. The second kappa shape index (κ2) is 3.60. The Hall–Kier alpha value is -0.670. The molecule has 1 saturated heterocycles. The second-order valence-electron chi connectivity index (χ2n) is 3.25. The SMILES string of the molecule is CSc1cccc(C2CNC2)c1O. The first-order valence-corrected chi connectivity index (χ1v) is 5.62. The molecule has 1 aliphatic rings. The topological polar surface area (TPSA) is 32.3 Å². The molecule has 1 aromatic carbocycles. The Kier molecular flexibility index (Phi) is 2.47. The van der Waals surface area contributed by atoms with E-state index in [1.165, 1.54) is 0 Å². The van der Waals surface area contributed by atoms with Crippen LogP contribution in [0.3, 0.4) is 0 Å². The number of phenolic OH excluding ortho intramolecular Hbond substituents is 1. The number of rotatable bonds is 2. The van der Waals surface area contributed by atoms with Gasteiger partial charge < -0.3 is 10.4 Å². The van der Waals surface area contributed by atoms with E-state index in [0.29, 0.717) is 11.7 Å². The van der Waals surface area contributed by atoms with Gasteiger partial charge in [0, 0.05) is 29.5 Å². The van der Waals surface area contributed by atoms with Crippen molar-refractivity contribution in [2.24, 2.45) is 0 Å². The molecule has 0 aliphatic carbocycles. The maximum absolute atomic E-state index is 9.88. The molecule has 0 radical (unpaired) electrons. The number of thioether (sulfide) groups is 1. The maximum Gasteiger partial charge on any atom is 0.132 e. The first kappa shape index (κ1) is 8.91. The minimum absolute atomic E-state index is 0.474. The van der Waals surface area contributed by atoms with E-state index < -0.39 is 0 Å². The van der Waals surface area contributed by atoms with Crippen LogP contribution in [-0.4, -0.2) is 24.5 Å². The Morgan fingerprint density at radius 1 is 1.46 bits per heavy atom. The Morgan fingerprint density at radius 2 is 2.23 bits per heavy atom. The number of aromatic hydroxyl groups is 1. The largest absolute Gasteiger partial charge is 0.506 e. The van der Waals surface area contributed by atoms with Crippen LogP contribution in [0.2, 0.25) is 0 Å². The molecule has 1 aliphatic heterocycles. The maximum atomic E-state index is 9.88. The number of hydrogen-bond acceptors (Lipinski definition) is 3. The molecule has 2 N–H and O–H groups in total. The molecule has 1 fully saturated rings. The highest BCUT2D eigenvalue weighted by Gasteiger charge is 2.22. The highest BCUT2D eigenvalue weighted by Crippen LogP contribution is 2.35. The van der Waals surface area contributed by atoms with Crippen molar-refractivity contribution in [1.82, 2.24) is 5.32 Å². The average molecular weight is 195 g/mol. The van der Waals surface area contributed by atoms with Gasteiger partial charge >= 0.3 is 0 Å². The standard InChI is InChI=1S/C10H13NOS/c1-13-9-4-2-3-8(10(9)12)7-5-11-6-7/h2-4,7,11-12H,5-6H2,1H3. The molecule has 0 saturated carbocycles. The zero-order valence-corrected chi connectivity index (χ0v) is 8.40. The smallest absolute Gasteiger partial charge is 0.132 e. The minimum Gasteiger partial charge on any atom is -0.506 e. The molecule has 3 heteroatoms. The summed E-state index contributed by atoms with van der Waals surface area (Å²) in [4.78, 5) is 0.976. The van der Waals surface area contributed by atoms with E-state index in [9.17, 15) is 5.11 Å². The average Bonchev–Trinajstić information content (AvgIpc) is 2.05. The van der Waals surface area contributed by atoms with Gasteiger partial charge in [-0.25, -0.2) is 0 Å². The number of benzene rings is 1. The molecular formula is C10H13NOS. The van der Waals surface area contributed by atoms with Crippen LogP contribution in [0.4, 0.5) is 0 Å². The van der Waals surface area contributed by atoms with Gasteiger partial charge in [0.15, 0.2) is 0 Å².